The van der Waals surface area contributed by atoms with Crippen LogP contribution in [0, 0.1) is 0 Å². The van der Waals surface area contributed by atoms with Crippen LogP contribution >= 0.6 is 11.3 Å². The first kappa shape index (κ1) is 22.6. The molecule has 1 aliphatic heterocycles. The van der Waals surface area contributed by atoms with Crippen molar-refractivity contribution in [2.45, 2.75) is 52.2 Å². The van der Waals surface area contributed by atoms with Crippen molar-refractivity contribution in [3.8, 4) is 0 Å². The molecule has 1 fully saturated rings. The van der Waals surface area contributed by atoms with Crippen LogP contribution < -0.4 is 5.32 Å². The summed E-state index contributed by atoms with van der Waals surface area (Å²) in [4.78, 5) is 32.8. The second kappa shape index (κ2) is 10.2. The fraction of sp³-hybridized carbons (Fsp3) is 0.737. The van der Waals surface area contributed by atoms with E-state index in [9.17, 15) is 14.7 Å². The molecule has 0 unspecified atom stereocenters. The van der Waals surface area contributed by atoms with Crippen molar-refractivity contribution in [3.05, 3.63) is 16.1 Å². The molecule has 2 amide bonds. The smallest absolute Gasteiger partial charge is 0.407 e. The molecule has 0 radical (unpaired) electrons. The van der Waals surface area contributed by atoms with E-state index in [2.05, 4.69) is 22.1 Å². The molecule has 2 N–H and O–H groups in total. The first-order chi connectivity index (χ1) is 13.2. The third-order valence-corrected chi connectivity index (χ3v) is 5.49. The van der Waals surface area contributed by atoms with Gasteiger partial charge in [-0.05, 0) is 27.2 Å². The van der Waals surface area contributed by atoms with Gasteiger partial charge in [-0.1, -0.05) is 6.92 Å². The van der Waals surface area contributed by atoms with Gasteiger partial charge < -0.3 is 20.1 Å². The van der Waals surface area contributed by atoms with Gasteiger partial charge >= 0.3 is 6.09 Å². The van der Waals surface area contributed by atoms with Crippen LogP contribution in [-0.2, 0) is 11.2 Å². The monoisotopic (exact) mass is 412 g/mol. The Balaban J connectivity index is 1.79. The van der Waals surface area contributed by atoms with Gasteiger partial charge in [0.1, 0.15) is 11.3 Å². The highest BCUT2D eigenvalue weighted by Crippen LogP contribution is 2.15. The average Bonchev–Trinajstić information content (AvgIpc) is 3.10. The highest BCUT2D eigenvalue weighted by molar-refractivity contribution is 7.09. The lowest BCUT2D eigenvalue weighted by Gasteiger charge is -2.38. The van der Waals surface area contributed by atoms with Crippen LogP contribution in [-0.4, -0.2) is 82.9 Å². The topological polar surface area (TPSA) is 95.0 Å². The van der Waals surface area contributed by atoms with Crippen LogP contribution in [0.2, 0.25) is 0 Å². The summed E-state index contributed by atoms with van der Waals surface area (Å²) < 4.78 is 5.19. The van der Waals surface area contributed by atoms with Crippen LogP contribution in [0.5, 0.6) is 0 Å². The summed E-state index contributed by atoms with van der Waals surface area (Å²) in [5.74, 6) is -0.0562. The van der Waals surface area contributed by atoms with E-state index in [1.54, 1.807) is 5.38 Å². The van der Waals surface area contributed by atoms with E-state index in [1.165, 1.54) is 11.3 Å². The molecule has 0 aromatic carbocycles. The lowest BCUT2D eigenvalue weighted by Crippen LogP contribution is -2.52. The lowest BCUT2D eigenvalue weighted by atomic mass is 10.1. The van der Waals surface area contributed by atoms with Gasteiger partial charge in [0.05, 0.1) is 11.6 Å². The molecule has 1 saturated heterocycles. The number of aromatic nitrogens is 1. The minimum atomic E-state index is -0.525. The first-order valence-corrected chi connectivity index (χ1v) is 10.7. The van der Waals surface area contributed by atoms with Crippen molar-refractivity contribution in [2.75, 3.05) is 39.3 Å². The van der Waals surface area contributed by atoms with Crippen molar-refractivity contribution in [1.82, 2.24) is 20.1 Å². The highest BCUT2D eigenvalue weighted by Gasteiger charge is 2.26. The zero-order valence-electron chi connectivity index (χ0n) is 17.2. The molecule has 9 heteroatoms. The Morgan fingerprint density at radius 1 is 1.32 bits per heavy atom. The summed E-state index contributed by atoms with van der Waals surface area (Å²) in [6.07, 6.45) is 1.00. The molecule has 1 atom stereocenters. The van der Waals surface area contributed by atoms with Gasteiger partial charge in [0.15, 0.2) is 0 Å². The van der Waals surface area contributed by atoms with Gasteiger partial charge in [-0.15, -0.1) is 11.3 Å². The molecule has 1 aromatic heterocycles. The Morgan fingerprint density at radius 2 is 2.00 bits per heavy atom. The van der Waals surface area contributed by atoms with Crippen molar-refractivity contribution in [3.63, 3.8) is 0 Å². The molecule has 158 valence electrons. The number of nitrogens with zero attached hydrogens (tertiary/aromatic N) is 3. The Labute approximate surface area is 170 Å². The number of ether oxygens (including phenoxy) is 1. The summed E-state index contributed by atoms with van der Waals surface area (Å²) in [7, 11) is 0. The molecule has 2 rings (SSSR count). The quantitative estimate of drug-likeness (QED) is 0.708. The minimum Gasteiger partial charge on any atom is -0.444 e. The van der Waals surface area contributed by atoms with Crippen LogP contribution in [0.15, 0.2) is 5.38 Å². The third kappa shape index (κ3) is 6.72. The second-order valence-corrected chi connectivity index (χ2v) is 8.82. The number of nitrogens with one attached hydrogen (secondary N) is 1. The van der Waals surface area contributed by atoms with Gasteiger partial charge in [-0.3, -0.25) is 9.69 Å². The average molecular weight is 413 g/mol. The van der Waals surface area contributed by atoms with Crippen molar-refractivity contribution in [2.24, 2.45) is 0 Å². The number of hydrogen-bond acceptors (Lipinski definition) is 7. The van der Waals surface area contributed by atoms with Gasteiger partial charge in [0.2, 0.25) is 0 Å². The van der Waals surface area contributed by atoms with E-state index in [0.717, 1.165) is 24.5 Å². The van der Waals surface area contributed by atoms with Crippen molar-refractivity contribution in [1.29, 1.82) is 0 Å². The molecule has 8 nitrogen and oxygen atoms in total. The van der Waals surface area contributed by atoms with Crippen LogP contribution in [0.4, 0.5) is 4.79 Å². The highest BCUT2D eigenvalue weighted by atomic mass is 32.1. The molecular weight excluding hydrogens is 380 g/mol. The van der Waals surface area contributed by atoms with Crippen LogP contribution in [0.25, 0.3) is 0 Å². The molecular formula is C19H32N4O4S. The minimum absolute atomic E-state index is 0.0562. The molecule has 2 heterocycles. The predicted octanol–water partition coefficient (Wildman–Crippen LogP) is 1.74. The summed E-state index contributed by atoms with van der Waals surface area (Å²) >= 11 is 1.43. The van der Waals surface area contributed by atoms with E-state index >= 15 is 0 Å². The van der Waals surface area contributed by atoms with E-state index in [1.807, 2.05) is 25.7 Å². The molecule has 28 heavy (non-hydrogen) atoms. The fourth-order valence-electron chi connectivity index (χ4n) is 3.06. The molecule has 1 aliphatic rings. The molecule has 0 saturated carbocycles. The fourth-order valence-corrected chi connectivity index (χ4v) is 3.84. The van der Waals surface area contributed by atoms with Crippen LogP contribution in [0.3, 0.4) is 0 Å². The number of alkyl carbamates (subject to hydrolysis) is 1. The number of amides is 2. The van der Waals surface area contributed by atoms with Gasteiger partial charge in [-0.25, -0.2) is 9.78 Å². The normalized spacial score (nSPS) is 16.7. The zero-order chi connectivity index (χ0) is 20.7. The summed E-state index contributed by atoms with van der Waals surface area (Å²) in [6, 6.07) is 0.167. The standard InChI is InChI=1S/C19H32N4O4S/c1-5-14(12-24)22-8-10-23(11-9-22)17(25)15-13-28-16(21-15)6-7-20-18(26)27-19(2,3)4/h13-14,24H,5-12H2,1-4H3,(H,20,26)/t14-/m0/s1. The third-order valence-electron chi connectivity index (χ3n) is 4.58. The van der Waals surface area contributed by atoms with E-state index in [-0.39, 0.29) is 18.6 Å². The largest absolute Gasteiger partial charge is 0.444 e. The van der Waals surface area contributed by atoms with Gasteiger partial charge in [0.25, 0.3) is 5.91 Å². The maximum absolute atomic E-state index is 12.7. The van der Waals surface area contributed by atoms with E-state index < -0.39 is 11.7 Å². The number of rotatable bonds is 7. The zero-order valence-corrected chi connectivity index (χ0v) is 18.0. The number of hydrogen-bond donors (Lipinski definition) is 2. The maximum atomic E-state index is 12.7. The molecule has 0 aliphatic carbocycles. The molecule has 1 aromatic rings. The van der Waals surface area contributed by atoms with Crippen LogP contribution in [0.1, 0.15) is 49.6 Å². The SMILES string of the molecule is CC[C@@H](CO)N1CCN(C(=O)c2csc(CCNC(=O)OC(C)(C)C)n2)CC1. The maximum Gasteiger partial charge on any atom is 0.407 e. The van der Waals surface area contributed by atoms with Crippen molar-refractivity contribution < 1.29 is 19.4 Å². The Morgan fingerprint density at radius 3 is 2.57 bits per heavy atom. The van der Waals surface area contributed by atoms with E-state index in [4.69, 9.17) is 4.74 Å². The number of carbonyl (C=O) groups excluding carboxylic acids is 2. The summed E-state index contributed by atoms with van der Waals surface area (Å²) in [5.41, 5.74) is -0.0663. The first-order valence-electron chi connectivity index (χ1n) is 9.79. The summed E-state index contributed by atoms with van der Waals surface area (Å²) in [5, 5.41) is 14.7. The van der Waals surface area contributed by atoms with Gasteiger partial charge in [-0.2, -0.15) is 0 Å². The Bertz CT molecular complexity index is 647. The summed E-state index contributed by atoms with van der Waals surface area (Å²) in [6.45, 7) is 10.9. The Kier molecular flexibility index (Phi) is 8.21. The number of piperazine rings is 1. The lowest BCUT2D eigenvalue weighted by molar-refractivity contribution is 0.0467. The Hall–Kier alpha value is -1.71. The predicted molar refractivity (Wildman–Crippen MR) is 109 cm³/mol. The number of carbonyl (C=O) groups is 2. The number of aliphatic hydroxyl groups is 1. The molecule has 0 bridgehead atoms. The molecule has 0 spiro atoms. The second-order valence-electron chi connectivity index (χ2n) is 7.88. The number of aliphatic hydroxyl groups excluding tert-OH is 1. The van der Waals surface area contributed by atoms with Gasteiger partial charge in [0, 0.05) is 50.6 Å². The van der Waals surface area contributed by atoms with E-state index in [0.29, 0.717) is 31.7 Å². The number of thiazole rings is 1. The van der Waals surface area contributed by atoms with Crippen molar-refractivity contribution >= 4 is 23.3 Å².